The lowest BCUT2D eigenvalue weighted by atomic mass is 9.95. The van der Waals surface area contributed by atoms with Gasteiger partial charge in [0.05, 0.1) is 17.7 Å². The van der Waals surface area contributed by atoms with Gasteiger partial charge in [0, 0.05) is 18.7 Å². The number of benzene rings is 2. The molecule has 0 aliphatic carbocycles. The second-order valence-corrected chi connectivity index (χ2v) is 7.36. The van der Waals surface area contributed by atoms with Gasteiger partial charge in [-0.05, 0) is 25.3 Å². The first-order valence-electron chi connectivity index (χ1n) is 9.58. The van der Waals surface area contributed by atoms with E-state index < -0.39 is 17.7 Å². The zero-order chi connectivity index (χ0) is 19.7. The number of aliphatic hydroxyl groups excluding tert-OH is 1. The summed E-state index contributed by atoms with van der Waals surface area (Å²) in [6.07, 6.45) is 1.74. The number of rotatable bonds is 4. The number of ether oxygens (including phenoxy) is 1. The summed E-state index contributed by atoms with van der Waals surface area (Å²) in [5.74, 6) is -1.37. The smallest absolute Gasteiger partial charge is 0.295 e. The molecule has 2 heterocycles. The van der Waals surface area contributed by atoms with Crippen molar-refractivity contribution in [3.8, 4) is 0 Å². The van der Waals surface area contributed by atoms with E-state index in [9.17, 15) is 14.7 Å². The van der Waals surface area contributed by atoms with Crippen molar-refractivity contribution >= 4 is 17.4 Å². The Morgan fingerprint density at radius 3 is 2.46 bits per heavy atom. The third-order valence-electron chi connectivity index (χ3n) is 5.40. The number of amides is 1. The van der Waals surface area contributed by atoms with E-state index in [1.807, 2.05) is 49.4 Å². The van der Waals surface area contributed by atoms with Crippen LogP contribution in [0.1, 0.15) is 35.6 Å². The molecule has 1 amide bonds. The van der Waals surface area contributed by atoms with E-state index in [4.69, 9.17) is 4.74 Å². The molecule has 2 fully saturated rings. The Labute approximate surface area is 164 Å². The van der Waals surface area contributed by atoms with Crippen molar-refractivity contribution < 1.29 is 19.4 Å². The van der Waals surface area contributed by atoms with Crippen molar-refractivity contribution in [3.05, 3.63) is 76.9 Å². The molecule has 0 saturated carbocycles. The molecular weight excluding hydrogens is 354 g/mol. The van der Waals surface area contributed by atoms with Gasteiger partial charge in [-0.15, -0.1) is 0 Å². The van der Waals surface area contributed by atoms with Crippen molar-refractivity contribution in [2.75, 3.05) is 13.2 Å². The number of likely N-dealkylation sites (tertiary alicyclic amines) is 1. The van der Waals surface area contributed by atoms with Gasteiger partial charge in [0.2, 0.25) is 0 Å². The summed E-state index contributed by atoms with van der Waals surface area (Å²) in [6.45, 7) is 2.97. The molecule has 144 valence electrons. The highest BCUT2D eigenvalue weighted by atomic mass is 16.5. The highest BCUT2D eigenvalue weighted by Gasteiger charge is 2.46. The van der Waals surface area contributed by atoms with Crippen LogP contribution in [0.25, 0.3) is 5.76 Å². The normalized spacial score (nSPS) is 24.1. The topological polar surface area (TPSA) is 66.8 Å². The Morgan fingerprint density at radius 2 is 1.82 bits per heavy atom. The summed E-state index contributed by atoms with van der Waals surface area (Å²) in [4.78, 5) is 27.3. The van der Waals surface area contributed by atoms with Crippen molar-refractivity contribution in [2.24, 2.45) is 0 Å². The molecule has 2 aliphatic rings. The molecule has 2 aromatic carbocycles. The molecule has 28 heavy (non-hydrogen) atoms. The van der Waals surface area contributed by atoms with E-state index >= 15 is 0 Å². The summed E-state index contributed by atoms with van der Waals surface area (Å²) in [5.41, 5.74) is 2.52. The van der Waals surface area contributed by atoms with Crippen LogP contribution in [0.4, 0.5) is 0 Å². The Bertz CT molecular complexity index is 911. The molecule has 5 nitrogen and oxygen atoms in total. The fourth-order valence-corrected chi connectivity index (χ4v) is 3.92. The lowest BCUT2D eigenvalue weighted by Crippen LogP contribution is -2.36. The Hall–Kier alpha value is -2.92. The number of carbonyl (C=O) groups is 2. The summed E-state index contributed by atoms with van der Waals surface area (Å²) >= 11 is 0. The van der Waals surface area contributed by atoms with Crippen LogP contribution in [0.2, 0.25) is 0 Å². The first kappa shape index (κ1) is 18.4. The van der Waals surface area contributed by atoms with Crippen molar-refractivity contribution in [1.82, 2.24) is 4.90 Å². The zero-order valence-corrected chi connectivity index (χ0v) is 15.8. The molecule has 0 aromatic heterocycles. The molecule has 2 aromatic rings. The molecule has 1 N–H and O–H groups in total. The van der Waals surface area contributed by atoms with Gasteiger partial charge in [0.1, 0.15) is 5.76 Å². The highest BCUT2D eigenvalue weighted by Crippen LogP contribution is 2.39. The van der Waals surface area contributed by atoms with Crippen LogP contribution in [-0.4, -0.2) is 41.0 Å². The van der Waals surface area contributed by atoms with Gasteiger partial charge in [-0.25, -0.2) is 0 Å². The van der Waals surface area contributed by atoms with Gasteiger partial charge in [0.15, 0.2) is 0 Å². The van der Waals surface area contributed by atoms with E-state index in [1.54, 1.807) is 17.0 Å². The maximum Gasteiger partial charge on any atom is 0.295 e. The first-order valence-corrected chi connectivity index (χ1v) is 9.58. The van der Waals surface area contributed by atoms with Crippen LogP contribution in [0.3, 0.4) is 0 Å². The molecule has 2 atom stereocenters. The molecular formula is C23H23NO4. The monoisotopic (exact) mass is 377 g/mol. The van der Waals surface area contributed by atoms with E-state index in [-0.39, 0.29) is 17.4 Å². The van der Waals surface area contributed by atoms with E-state index in [1.165, 1.54) is 0 Å². The summed E-state index contributed by atoms with van der Waals surface area (Å²) in [5, 5.41) is 11.0. The number of hydrogen-bond donors (Lipinski definition) is 1. The second kappa shape index (κ2) is 7.60. The van der Waals surface area contributed by atoms with Gasteiger partial charge in [-0.2, -0.15) is 0 Å². The Kier molecular flexibility index (Phi) is 5.01. The summed E-state index contributed by atoms with van der Waals surface area (Å²) in [6, 6.07) is 16.0. The standard InChI is InChI=1S/C23H23NO4/c1-15-9-11-17(12-10-15)21(25)19-20(16-6-3-2-4-7-16)24(23(27)22(19)26)14-18-8-5-13-28-18/h2-4,6-7,9-12,18,20,25H,5,8,13-14H2,1H3/b21-19-. The van der Waals surface area contributed by atoms with Crippen LogP contribution < -0.4 is 0 Å². The average molecular weight is 377 g/mol. The number of ketones is 1. The Morgan fingerprint density at radius 1 is 1.11 bits per heavy atom. The minimum Gasteiger partial charge on any atom is -0.507 e. The minimum absolute atomic E-state index is 0.0798. The number of hydrogen-bond acceptors (Lipinski definition) is 4. The number of aliphatic hydroxyl groups is 1. The van der Waals surface area contributed by atoms with Crippen molar-refractivity contribution in [3.63, 3.8) is 0 Å². The number of Topliss-reactive ketones (excluding diaryl/α,β-unsaturated/α-hetero) is 1. The largest absolute Gasteiger partial charge is 0.507 e. The van der Waals surface area contributed by atoms with E-state index in [0.717, 1.165) is 24.0 Å². The molecule has 2 unspecified atom stereocenters. The molecule has 0 bridgehead atoms. The van der Waals surface area contributed by atoms with Gasteiger partial charge >= 0.3 is 0 Å². The molecule has 5 heteroatoms. The van der Waals surface area contributed by atoms with Gasteiger partial charge in [-0.3, -0.25) is 9.59 Å². The van der Waals surface area contributed by atoms with Gasteiger partial charge in [0.25, 0.3) is 11.7 Å². The fourth-order valence-electron chi connectivity index (χ4n) is 3.92. The average Bonchev–Trinajstić information content (AvgIpc) is 3.31. The predicted octanol–water partition coefficient (Wildman–Crippen LogP) is 3.60. The molecule has 2 saturated heterocycles. The van der Waals surface area contributed by atoms with Crippen LogP contribution in [0.5, 0.6) is 0 Å². The molecule has 0 radical (unpaired) electrons. The van der Waals surface area contributed by atoms with Crippen LogP contribution in [-0.2, 0) is 14.3 Å². The first-order chi connectivity index (χ1) is 13.6. The zero-order valence-electron chi connectivity index (χ0n) is 15.8. The van der Waals surface area contributed by atoms with Gasteiger partial charge < -0.3 is 14.7 Å². The lowest BCUT2D eigenvalue weighted by molar-refractivity contribution is -0.140. The number of carbonyl (C=O) groups excluding carboxylic acids is 2. The maximum absolute atomic E-state index is 12.9. The number of aryl methyl sites for hydroxylation is 1. The second-order valence-electron chi connectivity index (χ2n) is 7.36. The maximum atomic E-state index is 12.9. The SMILES string of the molecule is Cc1ccc(/C(O)=C2/C(=O)C(=O)N(CC3CCCO3)C2c2ccccc2)cc1. The minimum atomic E-state index is -0.648. The molecule has 0 spiro atoms. The fraction of sp³-hybridized carbons (Fsp3) is 0.304. The quantitative estimate of drug-likeness (QED) is 0.502. The predicted molar refractivity (Wildman–Crippen MR) is 106 cm³/mol. The highest BCUT2D eigenvalue weighted by molar-refractivity contribution is 6.46. The van der Waals surface area contributed by atoms with Gasteiger partial charge in [-0.1, -0.05) is 60.2 Å². The van der Waals surface area contributed by atoms with Crippen LogP contribution >= 0.6 is 0 Å². The Balaban J connectivity index is 1.80. The van der Waals surface area contributed by atoms with Crippen molar-refractivity contribution in [2.45, 2.75) is 31.9 Å². The molecule has 4 rings (SSSR count). The number of nitrogens with zero attached hydrogens (tertiary/aromatic N) is 1. The molecule has 2 aliphatic heterocycles. The third kappa shape index (κ3) is 3.34. The lowest BCUT2D eigenvalue weighted by Gasteiger charge is -2.27. The third-order valence-corrected chi connectivity index (χ3v) is 5.40. The van der Waals surface area contributed by atoms with Crippen LogP contribution in [0.15, 0.2) is 60.2 Å². The van der Waals surface area contributed by atoms with Crippen LogP contribution in [0, 0.1) is 6.92 Å². The van der Waals surface area contributed by atoms with E-state index in [0.29, 0.717) is 18.7 Å². The summed E-state index contributed by atoms with van der Waals surface area (Å²) < 4.78 is 5.69. The summed E-state index contributed by atoms with van der Waals surface area (Å²) in [7, 11) is 0. The van der Waals surface area contributed by atoms with Crippen molar-refractivity contribution in [1.29, 1.82) is 0 Å². The van der Waals surface area contributed by atoms with E-state index in [2.05, 4.69) is 0 Å².